The van der Waals surface area contributed by atoms with E-state index >= 15 is 0 Å². The minimum absolute atomic E-state index is 0.0609. The second-order valence-corrected chi connectivity index (χ2v) is 7.27. The highest BCUT2D eigenvalue weighted by molar-refractivity contribution is 5.92. The van der Waals surface area contributed by atoms with Gasteiger partial charge in [-0.25, -0.2) is 9.18 Å². The zero-order valence-corrected chi connectivity index (χ0v) is 15.0. The molecule has 1 aromatic carbocycles. The number of fused-ring (bicyclic) bond motifs is 1. The topological polar surface area (TPSA) is 44.0 Å². The smallest absolute Gasteiger partial charge is 0.298 e. The molecule has 1 aliphatic carbocycles. The highest BCUT2D eigenvalue weighted by Gasteiger charge is 2.32. The van der Waals surface area contributed by atoms with Gasteiger partial charge >= 0.3 is 5.69 Å². The number of nitrogens with zero attached hydrogens (tertiary/aromatic N) is 2. The summed E-state index contributed by atoms with van der Waals surface area (Å²) in [5, 5.41) is 1.68. The number of hydrogen-bond donors (Lipinski definition) is 0. The molecule has 3 rings (SSSR count). The first-order valence-electron chi connectivity index (χ1n) is 8.51. The third-order valence-electron chi connectivity index (χ3n) is 4.98. The molecule has 4 nitrogen and oxygen atoms in total. The Morgan fingerprint density at radius 3 is 2.48 bits per heavy atom. The fourth-order valence-electron chi connectivity index (χ4n) is 3.39. The van der Waals surface area contributed by atoms with Gasteiger partial charge in [-0.1, -0.05) is 18.2 Å². The summed E-state index contributed by atoms with van der Waals surface area (Å²) in [6, 6.07) is 6.07. The lowest BCUT2D eigenvalue weighted by molar-refractivity contribution is -0.124. The summed E-state index contributed by atoms with van der Waals surface area (Å²) in [4.78, 5) is 25.3. The number of halogens is 1. The van der Waals surface area contributed by atoms with Gasteiger partial charge in [-0.15, -0.1) is 0 Å². The van der Waals surface area contributed by atoms with Crippen LogP contribution in [0.15, 0.2) is 29.1 Å². The van der Waals surface area contributed by atoms with E-state index in [9.17, 15) is 14.0 Å². The molecule has 1 aromatic heterocycles. The number of rotatable bonds is 4. The Labute approximate surface area is 145 Å². The molecule has 132 valence electrons. The van der Waals surface area contributed by atoms with Gasteiger partial charge in [-0.05, 0) is 51.0 Å². The van der Waals surface area contributed by atoms with Crippen molar-refractivity contribution in [3.63, 3.8) is 0 Å². The first-order valence-corrected chi connectivity index (χ1v) is 8.51. The average Bonchev–Trinajstić information content (AvgIpc) is 2.81. The van der Waals surface area contributed by atoms with E-state index in [1.807, 2.05) is 32.9 Å². The van der Waals surface area contributed by atoms with Crippen LogP contribution >= 0.6 is 0 Å². The maximum absolute atomic E-state index is 13.0. The largest absolute Gasteiger partial charge is 0.329 e. The Morgan fingerprint density at radius 2 is 1.88 bits per heavy atom. The maximum Gasteiger partial charge on any atom is 0.329 e. The lowest BCUT2D eigenvalue weighted by atomic mass is 9.78. The third-order valence-corrected chi connectivity index (χ3v) is 4.98. The Balaban J connectivity index is 2.01. The molecule has 0 N–H and O–H groups in total. The van der Waals surface area contributed by atoms with Gasteiger partial charge < -0.3 is 0 Å². The van der Waals surface area contributed by atoms with Crippen molar-refractivity contribution < 1.29 is 9.18 Å². The highest BCUT2D eigenvalue weighted by atomic mass is 19.1. The Kier molecular flexibility index (Phi) is 4.27. The minimum atomic E-state index is -0.672. The van der Waals surface area contributed by atoms with E-state index in [0.29, 0.717) is 6.42 Å². The standard InChI is InChI=1S/C20H23FN2O2/c1-13(2)23-16-9-10-20(3,12-17(16)22(4)19(23)25)18(24)11-14-5-7-15(21)8-6-14/h5-9,12-13H,10-11H2,1-4H3. The van der Waals surface area contributed by atoms with Gasteiger partial charge in [0.1, 0.15) is 11.6 Å². The van der Waals surface area contributed by atoms with E-state index < -0.39 is 5.41 Å². The zero-order chi connectivity index (χ0) is 18.4. The summed E-state index contributed by atoms with van der Waals surface area (Å²) in [7, 11) is 1.74. The van der Waals surface area contributed by atoms with Gasteiger partial charge in [0.2, 0.25) is 0 Å². The van der Waals surface area contributed by atoms with Crippen LogP contribution in [0, 0.1) is 11.2 Å². The summed E-state index contributed by atoms with van der Waals surface area (Å²) >= 11 is 0. The van der Waals surface area contributed by atoms with E-state index in [0.717, 1.165) is 16.3 Å². The number of imidazole rings is 1. The van der Waals surface area contributed by atoms with Crippen LogP contribution in [0.4, 0.5) is 4.39 Å². The van der Waals surface area contributed by atoms with Gasteiger partial charge in [0.15, 0.2) is 0 Å². The average molecular weight is 342 g/mol. The molecule has 25 heavy (non-hydrogen) atoms. The molecule has 0 aliphatic heterocycles. The van der Waals surface area contributed by atoms with Crippen LogP contribution in [-0.4, -0.2) is 14.9 Å². The number of aromatic nitrogens is 2. The fraction of sp³-hybridized carbons (Fsp3) is 0.400. The van der Waals surface area contributed by atoms with E-state index in [4.69, 9.17) is 0 Å². The molecule has 0 fully saturated rings. The summed E-state index contributed by atoms with van der Waals surface area (Å²) in [6.07, 6.45) is 4.69. The molecule has 0 radical (unpaired) electrons. The fourth-order valence-corrected chi connectivity index (χ4v) is 3.39. The van der Waals surface area contributed by atoms with Crippen LogP contribution in [-0.2, 0) is 18.3 Å². The molecule has 5 heteroatoms. The van der Waals surface area contributed by atoms with Gasteiger partial charge in [-0.2, -0.15) is 0 Å². The number of ketones is 1. The predicted molar refractivity (Wildman–Crippen MR) is 96.1 cm³/mol. The molecule has 0 spiro atoms. The number of hydrogen-bond acceptors (Lipinski definition) is 2. The van der Waals surface area contributed by atoms with Crippen LogP contribution in [0.3, 0.4) is 0 Å². The molecule has 0 saturated heterocycles. The van der Waals surface area contributed by atoms with Crippen molar-refractivity contribution in [2.45, 2.75) is 39.7 Å². The maximum atomic E-state index is 13.0. The summed E-state index contributed by atoms with van der Waals surface area (Å²) < 4.78 is 16.4. The summed E-state index contributed by atoms with van der Waals surface area (Å²) in [6.45, 7) is 5.85. The monoisotopic (exact) mass is 342 g/mol. The molecule has 0 saturated carbocycles. The van der Waals surface area contributed by atoms with E-state index in [1.54, 1.807) is 28.3 Å². The van der Waals surface area contributed by atoms with Gasteiger partial charge in [0.05, 0.1) is 16.1 Å². The van der Waals surface area contributed by atoms with Crippen molar-refractivity contribution in [1.29, 1.82) is 0 Å². The molecular formula is C20H23FN2O2. The van der Waals surface area contributed by atoms with Gasteiger partial charge in [0.25, 0.3) is 0 Å². The Morgan fingerprint density at radius 1 is 1.24 bits per heavy atom. The Bertz CT molecular complexity index is 996. The van der Waals surface area contributed by atoms with Crippen molar-refractivity contribution >= 4 is 17.9 Å². The Hall–Kier alpha value is -2.43. The normalized spacial score (nSPS) is 19.3. The number of carbonyl (C=O) groups excluding carboxylic acids is 1. The molecule has 1 atom stereocenters. The van der Waals surface area contributed by atoms with Gasteiger partial charge in [-0.3, -0.25) is 13.9 Å². The molecule has 0 bridgehead atoms. The number of Topliss-reactive ketones (excluding diaryl/α,β-unsaturated/α-hetero) is 1. The molecule has 0 amide bonds. The third kappa shape index (κ3) is 2.99. The highest BCUT2D eigenvalue weighted by Crippen LogP contribution is 2.28. The first-order chi connectivity index (χ1) is 11.7. The first kappa shape index (κ1) is 17.4. The van der Waals surface area contributed by atoms with E-state index in [-0.39, 0.29) is 29.8 Å². The molecule has 1 unspecified atom stereocenters. The lowest BCUT2D eigenvalue weighted by Crippen LogP contribution is -2.42. The second-order valence-electron chi connectivity index (χ2n) is 7.27. The zero-order valence-electron chi connectivity index (χ0n) is 15.0. The minimum Gasteiger partial charge on any atom is -0.298 e. The van der Waals surface area contributed by atoms with Crippen molar-refractivity contribution in [3.05, 3.63) is 56.8 Å². The van der Waals surface area contributed by atoms with Crippen LogP contribution in [0.1, 0.15) is 38.8 Å². The quantitative estimate of drug-likeness (QED) is 0.849. The summed E-state index contributed by atoms with van der Waals surface area (Å²) in [5.41, 5.74) is 0.0533. The molecule has 1 aliphatic rings. The molecule has 1 heterocycles. The van der Waals surface area contributed by atoms with Crippen LogP contribution in [0.5, 0.6) is 0 Å². The van der Waals surface area contributed by atoms with Crippen molar-refractivity contribution in [1.82, 2.24) is 9.13 Å². The van der Waals surface area contributed by atoms with Crippen LogP contribution in [0.2, 0.25) is 0 Å². The predicted octanol–water partition coefficient (Wildman–Crippen LogP) is 1.69. The molecule has 2 aromatic rings. The van der Waals surface area contributed by atoms with Crippen LogP contribution in [0.25, 0.3) is 12.2 Å². The SMILES string of the molecule is CC(C)n1c2c(n(C)c1=O)=CC(C)(C(=O)Cc1ccc(F)cc1)CC=2. The van der Waals surface area contributed by atoms with Crippen molar-refractivity contribution in [2.24, 2.45) is 12.5 Å². The molecular weight excluding hydrogens is 319 g/mol. The van der Waals surface area contributed by atoms with Gasteiger partial charge in [0, 0.05) is 19.5 Å². The summed E-state index contributed by atoms with van der Waals surface area (Å²) in [5.74, 6) is -0.250. The van der Waals surface area contributed by atoms with Crippen LogP contribution < -0.4 is 16.4 Å². The van der Waals surface area contributed by atoms with E-state index in [2.05, 4.69) is 0 Å². The van der Waals surface area contributed by atoms with E-state index in [1.165, 1.54) is 12.1 Å². The lowest BCUT2D eigenvalue weighted by Gasteiger charge is -2.25. The van der Waals surface area contributed by atoms with Crippen molar-refractivity contribution in [2.75, 3.05) is 0 Å². The second kappa shape index (κ2) is 6.14. The van der Waals surface area contributed by atoms with Crippen molar-refractivity contribution in [3.8, 4) is 0 Å². The number of carbonyl (C=O) groups is 1. The number of benzene rings is 1.